The normalized spacial score (nSPS) is 13.5. The average Bonchev–Trinajstić information content (AvgIpc) is 2.66. The van der Waals surface area contributed by atoms with Crippen LogP contribution in [0.25, 0.3) is 0 Å². The Hall–Kier alpha value is -0.610. The molecule has 4 heteroatoms. The Morgan fingerprint density at radius 3 is 1.32 bits per heavy atom. The minimum Gasteiger partial charge on any atom is -0.481 e. The number of aliphatic hydroxyl groups excluding tert-OH is 2. The fourth-order valence-corrected chi connectivity index (χ4v) is 3.78. The largest absolute Gasteiger partial charge is 0.481 e. The van der Waals surface area contributed by atoms with Gasteiger partial charge in [-0.25, -0.2) is 0 Å². The van der Waals surface area contributed by atoms with Gasteiger partial charge < -0.3 is 15.3 Å². The Labute approximate surface area is 174 Å². The third kappa shape index (κ3) is 21.7. The highest BCUT2D eigenvalue weighted by atomic mass is 16.4. The van der Waals surface area contributed by atoms with Crippen molar-refractivity contribution in [2.75, 3.05) is 0 Å². The van der Waals surface area contributed by atoms with Gasteiger partial charge in [-0.1, -0.05) is 96.8 Å². The molecule has 0 bridgehead atoms. The molecule has 28 heavy (non-hydrogen) atoms. The van der Waals surface area contributed by atoms with E-state index in [0.717, 1.165) is 51.4 Å². The first-order chi connectivity index (χ1) is 13.6. The van der Waals surface area contributed by atoms with Crippen molar-refractivity contribution in [3.63, 3.8) is 0 Å². The highest BCUT2D eigenvalue weighted by Crippen LogP contribution is 2.15. The molecule has 168 valence electrons. The van der Waals surface area contributed by atoms with E-state index in [1.54, 1.807) is 0 Å². The van der Waals surface area contributed by atoms with Crippen molar-refractivity contribution >= 4 is 5.97 Å². The molecule has 0 saturated heterocycles. The van der Waals surface area contributed by atoms with E-state index in [-0.39, 0.29) is 12.2 Å². The van der Waals surface area contributed by atoms with Gasteiger partial charge in [-0.2, -0.15) is 0 Å². The quantitative estimate of drug-likeness (QED) is 0.179. The molecule has 0 aliphatic rings. The topological polar surface area (TPSA) is 77.8 Å². The maximum Gasteiger partial charge on any atom is 0.303 e. The van der Waals surface area contributed by atoms with Crippen LogP contribution >= 0.6 is 0 Å². The molecule has 0 fully saturated rings. The molecule has 0 aromatic rings. The molecular formula is C24H48O4. The molecule has 0 aliphatic carbocycles. The van der Waals surface area contributed by atoms with Crippen molar-refractivity contribution in [2.45, 2.75) is 148 Å². The van der Waals surface area contributed by atoms with Gasteiger partial charge in [-0.15, -0.1) is 0 Å². The van der Waals surface area contributed by atoms with Crippen molar-refractivity contribution in [3.05, 3.63) is 0 Å². The summed E-state index contributed by atoms with van der Waals surface area (Å²) in [4.78, 5) is 10.4. The van der Waals surface area contributed by atoms with Crippen LogP contribution in [0.15, 0.2) is 0 Å². The van der Waals surface area contributed by atoms with E-state index in [0.29, 0.717) is 6.42 Å². The van der Waals surface area contributed by atoms with Gasteiger partial charge in [0.05, 0.1) is 12.2 Å². The predicted octanol–water partition coefficient (Wildman–Crippen LogP) is 6.61. The zero-order chi connectivity index (χ0) is 20.9. The Morgan fingerprint density at radius 1 is 0.571 bits per heavy atom. The van der Waals surface area contributed by atoms with Crippen molar-refractivity contribution in [1.82, 2.24) is 0 Å². The van der Waals surface area contributed by atoms with E-state index >= 15 is 0 Å². The molecule has 0 rings (SSSR count). The maximum absolute atomic E-state index is 10.4. The van der Waals surface area contributed by atoms with Crippen LogP contribution in [0.2, 0.25) is 0 Å². The molecular weight excluding hydrogens is 352 g/mol. The van der Waals surface area contributed by atoms with E-state index < -0.39 is 5.97 Å². The molecule has 0 heterocycles. The number of hydrogen-bond donors (Lipinski definition) is 3. The second kappa shape index (κ2) is 21.1. The number of unbranched alkanes of at least 4 members (excludes halogenated alkanes) is 13. The van der Waals surface area contributed by atoms with Crippen molar-refractivity contribution < 1.29 is 20.1 Å². The highest BCUT2D eigenvalue weighted by molar-refractivity contribution is 5.66. The van der Waals surface area contributed by atoms with Gasteiger partial charge in [0.25, 0.3) is 0 Å². The molecule has 4 nitrogen and oxygen atoms in total. The first-order valence-electron chi connectivity index (χ1n) is 12.1. The second-order valence-corrected chi connectivity index (χ2v) is 8.56. The van der Waals surface area contributed by atoms with Crippen LogP contribution in [-0.4, -0.2) is 33.5 Å². The Morgan fingerprint density at radius 2 is 0.929 bits per heavy atom. The van der Waals surface area contributed by atoms with Gasteiger partial charge in [0, 0.05) is 6.42 Å². The molecule has 0 amide bonds. The minimum atomic E-state index is -0.670. The van der Waals surface area contributed by atoms with Gasteiger partial charge in [-0.3, -0.25) is 4.79 Å². The van der Waals surface area contributed by atoms with Crippen molar-refractivity contribution in [3.8, 4) is 0 Å². The summed E-state index contributed by atoms with van der Waals surface area (Å²) in [5.74, 6) is -0.670. The van der Waals surface area contributed by atoms with E-state index in [4.69, 9.17) is 5.11 Å². The molecule has 0 aliphatic heterocycles. The van der Waals surface area contributed by atoms with E-state index in [9.17, 15) is 15.0 Å². The number of aliphatic hydroxyl groups is 2. The third-order valence-corrected chi connectivity index (χ3v) is 5.63. The van der Waals surface area contributed by atoms with Gasteiger partial charge in [0.15, 0.2) is 0 Å². The van der Waals surface area contributed by atoms with Crippen LogP contribution in [0.5, 0.6) is 0 Å². The number of carboxylic acids is 1. The summed E-state index contributed by atoms with van der Waals surface area (Å²) in [6, 6.07) is 0. The fraction of sp³-hybridized carbons (Fsp3) is 0.958. The Balaban J connectivity index is 3.16. The molecule has 2 atom stereocenters. The predicted molar refractivity (Wildman–Crippen MR) is 118 cm³/mol. The van der Waals surface area contributed by atoms with Crippen LogP contribution in [0.4, 0.5) is 0 Å². The monoisotopic (exact) mass is 400 g/mol. The fourth-order valence-electron chi connectivity index (χ4n) is 3.78. The number of rotatable bonds is 22. The summed E-state index contributed by atoms with van der Waals surface area (Å²) in [5, 5.41) is 28.2. The molecule has 0 radical (unpaired) electrons. The molecule has 3 N–H and O–H groups in total. The summed E-state index contributed by atoms with van der Waals surface area (Å²) in [6.45, 7) is 2.08. The third-order valence-electron chi connectivity index (χ3n) is 5.63. The Kier molecular flexibility index (Phi) is 20.6. The van der Waals surface area contributed by atoms with Gasteiger partial charge >= 0.3 is 5.97 Å². The second-order valence-electron chi connectivity index (χ2n) is 8.56. The lowest BCUT2D eigenvalue weighted by molar-refractivity contribution is -0.137. The average molecular weight is 401 g/mol. The van der Waals surface area contributed by atoms with Crippen LogP contribution in [0, 0.1) is 0 Å². The number of aliphatic carboxylic acids is 1. The molecule has 0 spiro atoms. The van der Waals surface area contributed by atoms with Crippen molar-refractivity contribution in [2.24, 2.45) is 0 Å². The van der Waals surface area contributed by atoms with Gasteiger partial charge in [0.2, 0.25) is 0 Å². The van der Waals surface area contributed by atoms with Crippen LogP contribution in [-0.2, 0) is 4.79 Å². The lowest BCUT2D eigenvalue weighted by atomic mass is 10.0. The Bertz CT molecular complexity index is 333. The summed E-state index contributed by atoms with van der Waals surface area (Å²) < 4.78 is 0. The lowest BCUT2D eigenvalue weighted by Gasteiger charge is -2.13. The van der Waals surface area contributed by atoms with E-state index in [1.807, 2.05) is 0 Å². The number of hydrogen-bond acceptors (Lipinski definition) is 3. The van der Waals surface area contributed by atoms with Crippen LogP contribution in [0.3, 0.4) is 0 Å². The minimum absolute atomic E-state index is 0.233. The maximum atomic E-state index is 10.4. The molecule has 0 saturated carbocycles. The standard InChI is InChI=1S/C24H48O4/c1-2-17-22(25)20-21-23(26)18-15-13-11-9-7-5-3-4-6-8-10-12-14-16-19-24(27)28/h22-23,25-26H,2-21H2,1H3,(H,27,28). The van der Waals surface area contributed by atoms with Gasteiger partial charge in [-0.05, 0) is 32.1 Å². The summed E-state index contributed by atoms with van der Waals surface area (Å²) in [6.07, 6.45) is 21.3. The van der Waals surface area contributed by atoms with E-state index in [1.165, 1.54) is 70.6 Å². The van der Waals surface area contributed by atoms with Crippen LogP contribution < -0.4 is 0 Å². The summed E-state index contributed by atoms with van der Waals surface area (Å²) in [7, 11) is 0. The molecule has 0 aromatic carbocycles. The number of carbonyl (C=O) groups is 1. The highest BCUT2D eigenvalue weighted by Gasteiger charge is 2.08. The summed E-state index contributed by atoms with van der Waals surface area (Å²) >= 11 is 0. The number of carboxylic acid groups (broad SMARTS) is 1. The van der Waals surface area contributed by atoms with Gasteiger partial charge in [0.1, 0.15) is 0 Å². The zero-order valence-corrected chi connectivity index (χ0v) is 18.5. The molecule has 2 unspecified atom stereocenters. The first kappa shape index (κ1) is 27.4. The zero-order valence-electron chi connectivity index (χ0n) is 18.5. The summed E-state index contributed by atoms with van der Waals surface area (Å²) in [5.41, 5.74) is 0. The van der Waals surface area contributed by atoms with Crippen LogP contribution in [0.1, 0.15) is 135 Å². The lowest BCUT2D eigenvalue weighted by Crippen LogP contribution is -2.13. The SMILES string of the molecule is CCCC(O)CCC(O)CCCCCCCCCCCCCCCCC(=O)O. The first-order valence-corrected chi connectivity index (χ1v) is 12.1. The smallest absolute Gasteiger partial charge is 0.303 e. The van der Waals surface area contributed by atoms with E-state index in [2.05, 4.69) is 6.92 Å². The molecule has 0 aromatic heterocycles. The van der Waals surface area contributed by atoms with Crippen molar-refractivity contribution in [1.29, 1.82) is 0 Å².